The van der Waals surface area contributed by atoms with Crippen molar-refractivity contribution < 1.29 is 13.9 Å². The first kappa shape index (κ1) is 14.4. The minimum absolute atomic E-state index is 0.0264. The Morgan fingerprint density at radius 2 is 2.22 bits per heavy atom. The van der Waals surface area contributed by atoms with Crippen LogP contribution < -0.4 is 15.4 Å². The van der Waals surface area contributed by atoms with E-state index in [2.05, 4.69) is 10.6 Å². The SMILES string of the molecule is CNCCCC(=O)NCc1ccc(OC)c(F)c1. The van der Waals surface area contributed by atoms with Gasteiger partial charge in [0.1, 0.15) is 0 Å². The number of methoxy groups -OCH3 is 1. The Hall–Kier alpha value is -1.62. The summed E-state index contributed by atoms with van der Waals surface area (Å²) in [4.78, 5) is 11.4. The fraction of sp³-hybridized carbons (Fsp3) is 0.462. The first-order valence-corrected chi connectivity index (χ1v) is 5.91. The number of hydrogen-bond acceptors (Lipinski definition) is 3. The molecule has 0 radical (unpaired) electrons. The van der Waals surface area contributed by atoms with Gasteiger partial charge in [0.15, 0.2) is 11.6 Å². The Kier molecular flexibility index (Phi) is 6.14. The van der Waals surface area contributed by atoms with Crippen LogP contribution in [0.1, 0.15) is 18.4 Å². The van der Waals surface area contributed by atoms with Crippen molar-refractivity contribution >= 4 is 5.91 Å². The van der Waals surface area contributed by atoms with E-state index in [4.69, 9.17) is 4.74 Å². The van der Waals surface area contributed by atoms with Crippen molar-refractivity contribution in [1.29, 1.82) is 0 Å². The van der Waals surface area contributed by atoms with Crippen LogP contribution in [-0.4, -0.2) is 26.6 Å². The highest BCUT2D eigenvalue weighted by Crippen LogP contribution is 2.17. The Labute approximate surface area is 107 Å². The van der Waals surface area contributed by atoms with Crippen LogP contribution in [0, 0.1) is 5.82 Å². The van der Waals surface area contributed by atoms with Gasteiger partial charge in [-0.15, -0.1) is 0 Å². The van der Waals surface area contributed by atoms with E-state index in [1.54, 1.807) is 12.1 Å². The maximum Gasteiger partial charge on any atom is 0.220 e. The Balaban J connectivity index is 2.39. The van der Waals surface area contributed by atoms with Gasteiger partial charge in [-0.2, -0.15) is 0 Å². The molecule has 5 heteroatoms. The van der Waals surface area contributed by atoms with E-state index >= 15 is 0 Å². The lowest BCUT2D eigenvalue weighted by atomic mass is 10.2. The van der Waals surface area contributed by atoms with Crippen LogP contribution in [0.3, 0.4) is 0 Å². The number of halogens is 1. The van der Waals surface area contributed by atoms with E-state index in [-0.39, 0.29) is 11.7 Å². The number of carbonyl (C=O) groups is 1. The molecule has 0 heterocycles. The summed E-state index contributed by atoms with van der Waals surface area (Å²) >= 11 is 0. The van der Waals surface area contributed by atoms with Gasteiger partial charge in [-0.3, -0.25) is 4.79 Å². The van der Waals surface area contributed by atoms with Crippen molar-refractivity contribution in [3.8, 4) is 5.75 Å². The average Bonchev–Trinajstić information content (AvgIpc) is 2.37. The number of benzene rings is 1. The first-order chi connectivity index (χ1) is 8.67. The molecule has 0 aliphatic carbocycles. The molecule has 18 heavy (non-hydrogen) atoms. The van der Waals surface area contributed by atoms with Crippen molar-refractivity contribution in [2.45, 2.75) is 19.4 Å². The molecule has 0 aliphatic rings. The fourth-order valence-electron chi connectivity index (χ4n) is 1.53. The molecule has 0 spiro atoms. The molecule has 100 valence electrons. The number of rotatable bonds is 7. The third-order valence-electron chi connectivity index (χ3n) is 2.54. The van der Waals surface area contributed by atoms with Crippen molar-refractivity contribution in [3.05, 3.63) is 29.6 Å². The summed E-state index contributed by atoms with van der Waals surface area (Å²) in [6, 6.07) is 4.65. The lowest BCUT2D eigenvalue weighted by molar-refractivity contribution is -0.121. The molecule has 0 atom stereocenters. The summed E-state index contributed by atoms with van der Waals surface area (Å²) in [7, 11) is 3.26. The predicted octanol–water partition coefficient (Wildman–Crippen LogP) is 1.45. The molecular formula is C13H19FN2O2. The van der Waals surface area contributed by atoms with Crippen molar-refractivity contribution in [2.24, 2.45) is 0 Å². The lowest BCUT2D eigenvalue weighted by Crippen LogP contribution is -2.23. The molecule has 0 bridgehead atoms. The normalized spacial score (nSPS) is 10.2. The topological polar surface area (TPSA) is 50.4 Å². The summed E-state index contributed by atoms with van der Waals surface area (Å²) in [5, 5.41) is 5.72. The summed E-state index contributed by atoms with van der Waals surface area (Å²) < 4.78 is 18.2. The Morgan fingerprint density at radius 3 is 2.83 bits per heavy atom. The zero-order valence-corrected chi connectivity index (χ0v) is 10.8. The van der Waals surface area contributed by atoms with Gasteiger partial charge in [0.2, 0.25) is 5.91 Å². The van der Waals surface area contributed by atoms with E-state index in [1.807, 2.05) is 7.05 Å². The highest BCUT2D eigenvalue weighted by atomic mass is 19.1. The van der Waals surface area contributed by atoms with Crippen LogP contribution in [0.25, 0.3) is 0 Å². The van der Waals surface area contributed by atoms with Crippen LogP contribution in [0.2, 0.25) is 0 Å². The van der Waals surface area contributed by atoms with E-state index in [1.165, 1.54) is 13.2 Å². The van der Waals surface area contributed by atoms with Gasteiger partial charge >= 0.3 is 0 Å². The van der Waals surface area contributed by atoms with E-state index in [0.29, 0.717) is 13.0 Å². The smallest absolute Gasteiger partial charge is 0.220 e. The maximum absolute atomic E-state index is 13.4. The van der Waals surface area contributed by atoms with Gasteiger partial charge < -0.3 is 15.4 Å². The monoisotopic (exact) mass is 254 g/mol. The van der Waals surface area contributed by atoms with Crippen molar-refractivity contribution in [1.82, 2.24) is 10.6 Å². The second-order valence-corrected chi connectivity index (χ2v) is 3.95. The van der Waals surface area contributed by atoms with Crippen LogP contribution in [0.15, 0.2) is 18.2 Å². The minimum Gasteiger partial charge on any atom is -0.494 e. The first-order valence-electron chi connectivity index (χ1n) is 5.91. The molecule has 0 unspecified atom stereocenters. The second-order valence-electron chi connectivity index (χ2n) is 3.95. The Bertz CT molecular complexity index is 397. The van der Waals surface area contributed by atoms with Crippen LogP contribution >= 0.6 is 0 Å². The Morgan fingerprint density at radius 1 is 1.44 bits per heavy atom. The van der Waals surface area contributed by atoms with E-state index in [9.17, 15) is 9.18 Å². The molecule has 0 aliphatic heterocycles. The molecule has 0 fully saturated rings. The number of ether oxygens (including phenoxy) is 1. The molecule has 0 aromatic heterocycles. The summed E-state index contributed by atoms with van der Waals surface area (Å²) in [5.74, 6) is -0.236. The van der Waals surface area contributed by atoms with Gasteiger partial charge in [0, 0.05) is 13.0 Å². The summed E-state index contributed by atoms with van der Waals surface area (Å²) in [5.41, 5.74) is 0.718. The molecule has 0 saturated carbocycles. The lowest BCUT2D eigenvalue weighted by Gasteiger charge is -2.07. The second kappa shape index (κ2) is 7.66. The largest absolute Gasteiger partial charge is 0.494 e. The van der Waals surface area contributed by atoms with Gasteiger partial charge in [-0.25, -0.2) is 4.39 Å². The zero-order chi connectivity index (χ0) is 13.4. The molecule has 4 nitrogen and oxygen atoms in total. The highest BCUT2D eigenvalue weighted by molar-refractivity contribution is 5.75. The maximum atomic E-state index is 13.4. The summed E-state index contributed by atoms with van der Waals surface area (Å²) in [6.45, 7) is 1.14. The van der Waals surface area contributed by atoms with Crippen LogP contribution in [-0.2, 0) is 11.3 Å². The molecule has 0 saturated heterocycles. The number of amides is 1. The zero-order valence-electron chi connectivity index (χ0n) is 10.8. The molecule has 1 amide bonds. The predicted molar refractivity (Wildman–Crippen MR) is 68.0 cm³/mol. The standard InChI is InChI=1S/C13H19FN2O2/c1-15-7-3-4-13(17)16-9-10-5-6-12(18-2)11(14)8-10/h5-6,8,15H,3-4,7,9H2,1-2H3,(H,16,17). The van der Waals surface area contributed by atoms with E-state index < -0.39 is 5.82 Å². The third kappa shape index (κ3) is 4.71. The van der Waals surface area contributed by atoms with Crippen LogP contribution in [0.5, 0.6) is 5.75 Å². The molecular weight excluding hydrogens is 235 g/mol. The molecule has 2 N–H and O–H groups in total. The van der Waals surface area contributed by atoms with E-state index in [0.717, 1.165) is 18.5 Å². The number of hydrogen-bond donors (Lipinski definition) is 2. The van der Waals surface area contributed by atoms with Crippen molar-refractivity contribution in [2.75, 3.05) is 20.7 Å². The van der Waals surface area contributed by atoms with Crippen LogP contribution in [0.4, 0.5) is 4.39 Å². The number of carbonyl (C=O) groups excluding carboxylic acids is 1. The fourth-order valence-corrected chi connectivity index (χ4v) is 1.53. The molecule has 1 rings (SSSR count). The van der Waals surface area contributed by atoms with Crippen molar-refractivity contribution in [3.63, 3.8) is 0 Å². The summed E-state index contributed by atoms with van der Waals surface area (Å²) in [6.07, 6.45) is 1.26. The average molecular weight is 254 g/mol. The minimum atomic E-state index is -0.417. The highest BCUT2D eigenvalue weighted by Gasteiger charge is 2.05. The quantitative estimate of drug-likeness (QED) is 0.724. The van der Waals surface area contributed by atoms with Gasteiger partial charge in [0.25, 0.3) is 0 Å². The van der Waals surface area contributed by atoms with Gasteiger partial charge in [0.05, 0.1) is 7.11 Å². The number of nitrogens with one attached hydrogen (secondary N) is 2. The van der Waals surface area contributed by atoms with Gasteiger partial charge in [-0.05, 0) is 37.7 Å². The molecule has 1 aromatic rings. The third-order valence-corrected chi connectivity index (χ3v) is 2.54. The molecule has 1 aromatic carbocycles. The van der Waals surface area contributed by atoms with Gasteiger partial charge in [-0.1, -0.05) is 6.07 Å².